The van der Waals surface area contributed by atoms with Crippen LogP contribution in [0.15, 0.2) is 24.3 Å². The minimum atomic E-state index is -0.257. The van der Waals surface area contributed by atoms with E-state index in [0.29, 0.717) is 6.61 Å². The zero-order valence-corrected chi connectivity index (χ0v) is 10.1. The molecular formula is C11H13BrO3. The van der Waals surface area contributed by atoms with Crippen molar-refractivity contribution in [2.75, 3.05) is 13.7 Å². The largest absolute Gasteiger partial charge is 0.493 e. The number of hydrogen-bond donors (Lipinski definition) is 0. The molecule has 1 rings (SSSR count). The van der Waals surface area contributed by atoms with Gasteiger partial charge in [0.1, 0.15) is 5.75 Å². The van der Waals surface area contributed by atoms with E-state index in [1.165, 1.54) is 12.7 Å². The smallest absolute Gasteiger partial charge is 0.308 e. The van der Waals surface area contributed by atoms with Crippen LogP contribution < -0.4 is 4.74 Å². The summed E-state index contributed by atoms with van der Waals surface area (Å²) in [4.78, 5) is 10.8. The van der Waals surface area contributed by atoms with Gasteiger partial charge in [0.05, 0.1) is 20.1 Å². The Kier molecular flexibility index (Phi) is 5.18. The van der Waals surface area contributed by atoms with Crippen molar-refractivity contribution < 1.29 is 14.3 Å². The van der Waals surface area contributed by atoms with E-state index < -0.39 is 0 Å². The molecule has 1 aromatic rings. The third-order valence-corrected chi connectivity index (χ3v) is 2.53. The molecular weight excluding hydrogens is 260 g/mol. The molecule has 0 radical (unpaired) electrons. The molecule has 3 nitrogen and oxygen atoms in total. The van der Waals surface area contributed by atoms with Crippen molar-refractivity contribution in [3.05, 3.63) is 29.8 Å². The van der Waals surface area contributed by atoms with Gasteiger partial charge in [-0.25, -0.2) is 0 Å². The van der Waals surface area contributed by atoms with Crippen molar-refractivity contribution in [1.82, 2.24) is 0 Å². The monoisotopic (exact) mass is 272 g/mol. The Labute approximate surface area is 97.5 Å². The van der Waals surface area contributed by atoms with Gasteiger partial charge in [-0.1, -0.05) is 28.1 Å². The number of hydrogen-bond acceptors (Lipinski definition) is 3. The van der Waals surface area contributed by atoms with Gasteiger partial charge in [-0.2, -0.15) is 0 Å². The average molecular weight is 273 g/mol. The van der Waals surface area contributed by atoms with Crippen molar-refractivity contribution >= 4 is 21.9 Å². The number of alkyl halides is 1. The molecule has 15 heavy (non-hydrogen) atoms. The Hall–Kier alpha value is -1.03. The number of halogens is 1. The Morgan fingerprint density at radius 1 is 1.33 bits per heavy atom. The lowest BCUT2D eigenvalue weighted by Gasteiger charge is -2.05. The number of carbonyl (C=O) groups excluding carboxylic acids is 1. The molecule has 0 heterocycles. The third-order valence-electron chi connectivity index (χ3n) is 1.88. The van der Waals surface area contributed by atoms with Crippen molar-refractivity contribution in [3.63, 3.8) is 0 Å². The van der Waals surface area contributed by atoms with Crippen LogP contribution in [0.2, 0.25) is 0 Å². The lowest BCUT2D eigenvalue weighted by Crippen LogP contribution is -2.07. The Balaban J connectivity index is 2.34. The molecule has 0 N–H and O–H groups in total. The highest BCUT2D eigenvalue weighted by molar-refractivity contribution is 9.08. The van der Waals surface area contributed by atoms with Crippen molar-refractivity contribution in [1.29, 1.82) is 0 Å². The van der Waals surface area contributed by atoms with Gasteiger partial charge in [0.2, 0.25) is 0 Å². The molecule has 0 aliphatic heterocycles. The van der Waals surface area contributed by atoms with Crippen LogP contribution in [0.25, 0.3) is 0 Å². The summed E-state index contributed by atoms with van der Waals surface area (Å²) in [6.07, 6.45) is 0.274. The number of benzene rings is 1. The van der Waals surface area contributed by atoms with Crippen LogP contribution in [0.5, 0.6) is 5.75 Å². The standard InChI is InChI=1S/C11H13BrO3/c1-14-11(13)6-7-15-10-4-2-9(8-12)3-5-10/h2-5H,6-8H2,1H3. The van der Waals surface area contributed by atoms with Gasteiger partial charge in [-0.15, -0.1) is 0 Å². The third kappa shape index (κ3) is 4.34. The van der Waals surface area contributed by atoms with Gasteiger partial charge < -0.3 is 9.47 Å². The van der Waals surface area contributed by atoms with Crippen molar-refractivity contribution in [2.45, 2.75) is 11.8 Å². The fourth-order valence-electron chi connectivity index (χ4n) is 1.03. The lowest BCUT2D eigenvalue weighted by molar-refractivity contribution is -0.141. The normalized spacial score (nSPS) is 9.73. The van der Waals surface area contributed by atoms with Gasteiger partial charge in [0.25, 0.3) is 0 Å². The Morgan fingerprint density at radius 3 is 2.53 bits per heavy atom. The molecule has 0 aliphatic rings. The highest BCUT2D eigenvalue weighted by atomic mass is 79.9. The first kappa shape index (κ1) is 12.0. The van der Waals surface area contributed by atoms with E-state index in [1.807, 2.05) is 24.3 Å². The topological polar surface area (TPSA) is 35.5 Å². The molecule has 4 heteroatoms. The summed E-state index contributed by atoms with van der Waals surface area (Å²) in [6.45, 7) is 0.348. The maximum absolute atomic E-state index is 10.8. The molecule has 0 spiro atoms. The molecule has 0 fully saturated rings. The van der Waals surface area contributed by atoms with E-state index in [-0.39, 0.29) is 12.4 Å². The summed E-state index contributed by atoms with van der Waals surface area (Å²) in [5, 5.41) is 0.829. The minimum absolute atomic E-state index is 0.257. The number of ether oxygens (including phenoxy) is 2. The van der Waals surface area contributed by atoms with Crippen LogP contribution in [0.1, 0.15) is 12.0 Å². The molecule has 0 aliphatic carbocycles. The number of methoxy groups -OCH3 is 1. The van der Waals surface area contributed by atoms with Crippen LogP contribution in [-0.2, 0) is 14.9 Å². The van der Waals surface area contributed by atoms with Gasteiger partial charge in [-0.05, 0) is 17.7 Å². The van der Waals surface area contributed by atoms with Crippen LogP contribution >= 0.6 is 15.9 Å². The van der Waals surface area contributed by atoms with Crippen molar-refractivity contribution in [3.8, 4) is 5.75 Å². The van der Waals surface area contributed by atoms with E-state index in [9.17, 15) is 4.79 Å². The highest BCUT2D eigenvalue weighted by Gasteiger charge is 2.00. The quantitative estimate of drug-likeness (QED) is 0.611. The molecule has 0 atom stereocenters. The summed E-state index contributed by atoms with van der Waals surface area (Å²) < 4.78 is 9.86. The summed E-state index contributed by atoms with van der Waals surface area (Å²) in [5.41, 5.74) is 1.19. The zero-order valence-electron chi connectivity index (χ0n) is 8.53. The minimum Gasteiger partial charge on any atom is -0.493 e. The second kappa shape index (κ2) is 6.45. The zero-order chi connectivity index (χ0) is 11.1. The molecule has 0 unspecified atom stereocenters. The molecule has 0 saturated heterocycles. The fraction of sp³-hybridized carbons (Fsp3) is 0.364. The molecule has 0 amide bonds. The fourth-order valence-corrected chi connectivity index (χ4v) is 1.40. The first-order valence-corrected chi connectivity index (χ1v) is 5.73. The van der Waals surface area contributed by atoms with Crippen LogP contribution in [0, 0.1) is 0 Å². The predicted octanol–water partition coefficient (Wildman–Crippen LogP) is 2.52. The molecule has 0 saturated carbocycles. The van der Waals surface area contributed by atoms with E-state index in [1.54, 1.807) is 0 Å². The summed E-state index contributed by atoms with van der Waals surface area (Å²) in [5.74, 6) is 0.510. The van der Waals surface area contributed by atoms with Gasteiger partial charge >= 0.3 is 5.97 Å². The van der Waals surface area contributed by atoms with Crippen molar-refractivity contribution in [2.24, 2.45) is 0 Å². The van der Waals surface area contributed by atoms with Crippen LogP contribution in [0.3, 0.4) is 0 Å². The molecule has 1 aromatic carbocycles. The Bertz CT molecular complexity index is 308. The predicted molar refractivity (Wildman–Crippen MR) is 61.2 cm³/mol. The summed E-state index contributed by atoms with van der Waals surface area (Å²) in [7, 11) is 1.37. The lowest BCUT2D eigenvalue weighted by atomic mass is 10.2. The second-order valence-electron chi connectivity index (χ2n) is 2.95. The number of rotatable bonds is 5. The van der Waals surface area contributed by atoms with Crippen LogP contribution in [0.4, 0.5) is 0 Å². The Morgan fingerprint density at radius 2 is 2.00 bits per heavy atom. The molecule has 0 bridgehead atoms. The SMILES string of the molecule is COC(=O)CCOc1ccc(CBr)cc1. The summed E-state index contributed by atoms with van der Waals surface area (Å²) in [6, 6.07) is 7.71. The van der Waals surface area contributed by atoms with Gasteiger partial charge in [-0.3, -0.25) is 4.79 Å². The van der Waals surface area contributed by atoms with Gasteiger partial charge in [0.15, 0.2) is 0 Å². The number of carbonyl (C=O) groups is 1. The maximum atomic E-state index is 10.8. The highest BCUT2D eigenvalue weighted by Crippen LogP contribution is 2.14. The average Bonchev–Trinajstić information content (AvgIpc) is 2.29. The number of esters is 1. The second-order valence-corrected chi connectivity index (χ2v) is 3.51. The van der Waals surface area contributed by atoms with Gasteiger partial charge in [0, 0.05) is 5.33 Å². The maximum Gasteiger partial charge on any atom is 0.308 e. The van der Waals surface area contributed by atoms with E-state index >= 15 is 0 Å². The van der Waals surface area contributed by atoms with E-state index in [4.69, 9.17) is 4.74 Å². The first-order chi connectivity index (χ1) is 7.26. The molecule has 0 aromatic heterocycles. The summed E-state index contributed by atoms with van der Waals surface area (Å²) >= 11 is 3.36. The van der Waals surface area contributed by atoms with E-state index in [0.717, 1.165) is 11.1 Å². The van der Waals surface area contributed by atoms with E-state index in [2.05, 4.69) is 20.7 Å². The molecule has 82 valence electrons. The van der Waals surface area contributed by atoms with Crippen LogP contribution in [-0.4, -0.2) is 19.7 Å². The first-order valence-electron chi connectivity index (χ1n) is 4.61.